The molecule has 0 atom stereocenters. The molecule has 3 nitrogen and oxygen atoms in total. The summed E-state index contributed by atoms with van der Waals surface area (Å²) in [4.78, 5) is 0. The molecule has 0 saturated carbocycles. The molecule has 5 aromatic carbocycles. The van der Waals surface area contributed by atoms with Gasteiger partial charge in [0.05, 0.1) is 20.8 Å². The van der Waals surface area contributed by atoms with E-state index >= 15 is 0 Å². The van der Waals surface area contributed by atoms with E-state index in [1.807, 2.05) is 76.2 Å². The van der Waals surface area contributed by atoms with E-state index < -0.39 is 30.4 Å². The van der Waals surface area contributed by atoms with E-state index in [2.05, 4.69) is 12.1 Å². The van der Waals surface area contributed by atoms with Crippen molar-refractivity contribution < 1.29 is 23.3 Å². The lowest BCUT2D eigenvalue weighted by molar-refractivity contribution is 0.00578. The fourth-order valence-corrected chi connectivity index (χ4v) is 5.00. The summed E-state index contributed by atoms with van der Waals surface area (Å²) < 4.78 is 77.3. The number of fused-ring (bicyclic) bond motifs is 4. The highest BCUT2D eigenvalue weighted by molar-refractivity contribution is 6.62. The number of para-hydroxylation sites is 1. The number of hydrogen-bond donors (Lipinski definition) is 0. The molecule has 0 N–H and O–H groups in total. The minimum absolute atomic E-state index is 0.0367. The summed E-state index contributed by atoms with van der Waals surface area (Å²) in [6.07, 6.45) is 0. The van der Waals surface area contributed by atoms with Crippen molar-refractivity contribution in [1.82, 2.24) is 0 Å². The van der Waals surface area contributed by atoms with Crippen molar-refractivity contribution >= 4 is 45.3 Å². The standard InChI is InChI=1S/C34H29BO3/c1-33(2)34(3,4)38-35(37-33)27-10-7-9-22(21-27)23-15-16-25-20-26(18-17-24(25)19-23)28-12-8-14-31-32(28)29-11-5-6-13-30(29)36-31/h5-21H,1-4H3/i5D,6D,8D,11D,12D,13D,14D. The molecule has 1 aliphatic rings. The number of benzene rings is 5. The molecule has 0 aliphatic carbocycles. The summed E-state index contributed by atoms with van der Waals surface area (Å²) in [5.41, 5.74) is 2.80. The number of hydrogen-bond acceptors (Lipinski definition) is 3. The Morgan fingerprint density at radius 1 is 0.658 bits per heavy atom. The van der Waals surface area contributed by atoms with Crippen LogP contribution in [0.3, 0.4) is 0 Å². The van der Waals surface area contributed by atoms with Crippen molar-refractivity contribution in [2.24, 2.45) is 0 Å². The smallest absolute Gasteiger partial charge is 0.456 e. The number of furan rings is 1. The van der Waals surface area contributed by atoms with Crippen LogP contribution in [0.25, 0.3) is 55.0 Å². The summed E-state index contributed by atoms with van der Waals surface area (Å²) in [7, 11) is -0.473. The fourth-order valence-electron chi connectivity index (χ4n) is 5.00. The van der Waals surface area contributed by atoms with E-state index in [4.69, 9.17) is 23.3 Å². The summed E-state index contributed by atoms with van der Waals surface area (Å²) >= 11 is 0. The van der Waals surface area contributed by atoms with Gasteiger partial charge in [0.2, 0.25) is 0 Å². The van der Waals surface area contributed by atoms with Crippen LogP contribution < -0.4 is 5.46 Å². The first kappa shape index (κ1) is 16.9. The van der Waals surface area contributed by atoms with Crippen LogP contribution in [-0.2, 0) is 9.31 Å². The average molecular weight is 503 g/mol. The Kier molecular flexibility index (Phi) is 3.70. The van der Waals surface area contributed by atoms with E-state index in [-0.39, 0.29) is 57.7 Å². The Balaban J connectivity index is 1.35. The molecular weight excluding hydrogens is 467 g/mol. The van der Waals surface area contributed by atoms with Crippen LogP contribution in [0.4, 0.5) is 0 Å². The topological polar surface area (TPSA) is 31.6 Å². The lowest BCUT2D eigenvalue weighted by Gasteiger charge is -2.32. The van der Waals surface area contributed by atoms with Gasteiger partial charge < -0.3 is 13.7 Å². The lowest BCUT2D eigenvalue weighted by atomic mass is 9.78. The van der Waals surface area contributed by atoms with E-state index in [0.717, 1.165) is 27.4 Å². The normalized spacial score (nSPS) is 19.2. The summed E-state index contributed by atoms with van der Waals surface area (Å²) in [5, 5.41) is 2.16. The summed E-state index contributed by atoms with van der Waals surface area (Å²) in [6, 6.07) is 17.4. The zero-order valence-corrected chi connectivity index (χ0v) is 21.6. The van der Waals surface area contributed by atoms with Gasteiger partial charge in [-0.2, -0.15) is 0 Å². The summed E-state index contributed by atoms with van der Waals surface area (Å²) in [5.74, 6) is 0. The molecule has 1 fully saturated rings. The Hall–Kier alpha value is -3.86. The highest BCUT2D eigenvalue weighted by Gasteiger charge is 2.51. The van der Waals surface area contributed by atoms with Crippen molar-refractivity contribution in [3.05, 3.63) is 103 Å². The van der Waals surface area contributed by atoms with Crippen molar-refractivity contribution in [2.45, 2.75) is 38.9 Å². The molecular formula is C34H29BO3. The summed E-state index contributed by atoms with van der Waals surface area (Å²) in [6.45, 7) is 8.12. The molecule has 0 radical (unpaired) electrons. The monoisotopic (exact) mass is 503 g/mol. The van der Waals surface area contributed by atoms with Crippen LogP contribution in [0.1, 0.15) is 37.3 Å². The predicted molar refractivity (Wildman–Crippen MR) is 158 cm³/mol. The highest BCUT2D eigenvalue weighted by Crippen LogP contribution is 2.39. The van der Waals surface area contributed by atoms with Crippen LogP contribution in [0.5, 0.6) is 0 Å². The van der Waals surface area contributed by atoms with Gasteiger partial charge in [0.25, 0.3) is 0 Å². The van der Waals surface area contributed by atoms with Crippen LogP contribution in [0.15, 0.2) is 107 Å². The van der Waals surface area contributed by atoms with Gasteiger partial charge in [0.15, 0.2) is 0 Å². The lowest BCUT2D eigenvalue weighted by Crippen LogP contribution is -2.41. The minimum atomic E-state index is -0.473. The minimum Gasteiger partial charge on any atom is -0.456 e. The van der Waals surface area contributed by atoms with Gasteiger partial charge in [-0.05, 0) is 90.4 Å². The van der Waals surface area contributed by atoms with Crippen LogP contribution in [-0.4, -0.2) is 18.3 Å². The molecule has 0 unspecified atom stereocenters. The first-order valence-corrected chi connectivity index (χ1v) is 12.6. The van der Waals surface area contributed by atoms with Gasteiger partial charge in [0.1, 0.15) is 11.2 Å². The third kappa shape index (κ3) is 3.67. The Morgan fingerprint density at radius 2 is 1.32 bits per heavy atom. The third-order valence-electron chi connectivity index (χ3n) is 7.82. The largest absolute Gasteiger partial charge is 0.494 e. The zero-order valence-electron chi connectivity index (χ0n) is 28.6. The molecule has 38 heavy (non-hydrogen) atoms. The molecule has 7 rings (SSSR count). The quantitative estimate of drug-likeness (QED) is 0.227. The second kappa shape index (κ2) is 8.32. The van der Waals surface area contributed by atoms with Crippen molar-refractivity contribution in [3.8, 4) is 22.3 Å². The van der Waals surface area contributed by atoms with Gasteiger partial charge in [0, 0.05) is 10.8 Å². The Labute approximate surface area is 233 Å². The molecule has 1 saturated heterocycles. The Bertz CT molecular complexity index is 2210. The SMILES string of the molecule is [2H]c1c([2H])c([2H])c2c(oc3c([2H])c([2H])c([2H])c(-c4ccc5cc(-c6cccc(B7OC(C)(C)C(C)(C)O7)c6)ccc5c4)c32)c1[2H]. The first-order chi connectivity index (χ1) is 21.2. The van der Waals surface area contributed by atoms with Gasteiger partial charge in [-0.1, -0.05) is 78.7 Å². The molecule has 0 amide bonds. The van der Waals surface area contributed by atoms with Crippen LogP contribution in [0.2, 0.25) is 0 Å². The maximum Gasteiger partial charge on any atom is 0.494 e. The van der Waals surface area contributed by atoms with Crippen LogP contribution in [0, 0.1) is 0 Å². The maximum absolute atomic E-state index is 8.82. The second-order valence-electron chi connectivity index (χ2n) is 10.8. The Morgan fingerprint density at radius 3 is 2.11 bits per heavy atom. The molecule has 0 bridgehead atoms. The van der Waals surface area contributed by atoms with E-state index in [1.165, 1.54) is 0 Å². The highest BCUT2D eigenvalue weighted by atomic mass is 16.7. The number of rotatable bonds is 3. The van der Waals surface area contributed by atoms with Gasteiger partial charge in [-0.3, -0.25) is 0 Å². The maximum atomic E-state index is 8.82. The second-order valence-corrected chi connectivity index (χ2v) is 10.8. The van der Waals surface area contributed by atoms with Crippen molar-refractivity contribution in [1.29, 1.82) is 0 Å². The molecule has 186 valence electrons. The fraction of sp³-hybridized carbons (Fsp3) is 0.176. The molecule has 1 aliphatic heterocycles. The van der Waals surface area contributed by atoms with Gasteiger partial charge in [-0.15, -0.1) is 0 Å². The molecule has 1 aromatic heterocycles. The van der Waals surface area contributed by atoms with Gasteiger partial charge in [-0.25, -0.2) is 0 Å². The molecule has 0 spiro atoms. The van der Waals surface area contributed by atoms with Gasteiger partial charge >= 0.3 is 7.12 Å². The molecule has 4 heteroatoms. The zero-order chi connectivity index (χ0) is 32.2. The first-order valence-electron chi connectivity index (χ1n) is 16.1. The van der Waals surface area contributed by atoms with E-state index in [9.17, 15) is 0 Å². The van der Waals surface area contributed by atoms with E-state index in [0.29, 0.717) is 5.56 Å². The average Bonchev–Trinajstić information content (AvgIpc) is 3.51. The molecule has 2 heterocycles. The third-order valence-corrected chi connectivity index (χ3v) is 7.82. The molecule has 6 aromatic rings. The van der Waals surface area contributed by atoms with Crippen LogP contribution >= 0.6 is 0 Å². The predicted octanol–water partition coefficient (Wildman–Crippen LogP) is 8.37. The van der Waals surface area contributed by atoms with Crippen molar-refractivity contribution in [3.63, 3.8) is 0 Å². The van der Waals surface area contributed by atoms with E-state index in [1.54, 1.807) is 0 Å². The van der Waals surface area contributed by atoms with Crippen molar-refractivity contribution in [2.75, 3.05) is 0 Å².